The number of carbonyl (C=O) groups is 2. The number of amides is 1. The third kappa shape index (κ3) is 4.23. The standard InChI is InChI=1S/C19H15ClN4O2/c1-12(25)16-7-2-13(10-22-16)19(26)24-17-8-9-21-11-18(17)23-15-5-3-14(20)4-6-15/h2-11,23H,1H3,(H,21,24,26). The highest BCUT2D eigenvalue weighted by Gasteiger charge is 2.11. The molecule has 1 aromatic carbocycles. The van der Waals surface area contributed by atoms with Crippen LogP contribution in [0.3, 0.4) is 0 Å². The Morgan fingerprint density at radius 1 is 0.962 bits per heavy atom. The van der Waals surface area contributed by atoms with Gasteiger partial charge in [0.1, 0.15) is 5.69 Å². The summed E-state index contributed by atoms with van der Waals surface area (Å²) in [6.45, 7) is 1.42. The third-order valence-electron chi connectivity index (χ3n) is 3.58. The number of carbonyl (C=O) groups excluding carboxylic acids is 2. The minimum absolute atomic E-state index is 0.152. The Morgan fingerprint density at radius 3 is 2.38 bits per heavy atom. The van der Waals surface area contributed by atoms with E-state index in [1.807, 2.05) is 12.1 Å². The second-order valence-corrected chi connectivity index (χ2v) is 5.93. The highest BCUT2D eigenvalue weighted by Crippen LogP contribution is 2.25. The van der Waals surface area contributed by atoms with Crippen molar-refractivity contribution in [2.24, 2.45) is 0 Å². The first-order chi connectivity index (χ1) is 12.5. The van der Waals surface area contributed by atoms with Gasteiger partial charge in [0.2, 0.25) is 0 Å². The molecule has 1 amide bonds. The predicted octanol–water partition coefficient (Wildman–Crippen LogP) is 4.33. The summed E-state index contributed by atoms with van der Waals surface area (Å²) in [6.07, 6.45) is 4.57. The maximum atomic E-state index is 12.4. The van der Waals surface area contributed by atoms with Gasteiger partial charge in [-0.1, -0.05) is 11.6 Å². The molecule has 0 radical (unpaired) electrons. The molecule has 0 fully saturated rings. The minimum Gasteiger partial charge on any atom is -0.353 e. The average molecular weight is 367 g/mol. The van der Waals surface area contributed by atoms with Crippen molar-refractivity contribution in [2.75, 3.05) is 10.6 Å². The molecule has 0 saturated heterocycles. The Labute approximate surface area is 155 Å². The number of nitrogens with zero attached hydrogens (tertiary/aromatic N) is 2. The smallest absolute Gasteiger partial charge is 0.257 e. The van der Waals surface area contributed by atoms with Crippen molar-refractivity contribution < 1.29 is 9.59 Å². The normalized spacial score (nSPS) is 10.2. The highest BCUT2D eigenvalue weighted by molar-refractivity contribution is 6.30. The van der Waals surface area contributed by atoms with Crippen molar-refractivity contribution in [3.05, 3.63) is 77.3 Å². The third-order valence-corrected chi connectivity index (χ3v) is 3.83. The van der Waals surface area contributed by atoms with Gasteiger partial charge in [-0.2, -0.15) is 0 Å². The fourth-order valence-corrected chi connectivity index (χ4v) is 2.35. The first-order valence-electron chi connectivity index (χ1n) is 7.78. The maximum absolute atomic E-state index is 12.4. The number of rotatable bonds is 5. The number of halogens is 1. The molecule has 0 aliphatic heterocycles. The monoisotopic (exact) mass is 366 g/mol. The van der Waals surface area contributed by atoms with Crippen LogP contribution in [0.15, 0.2) is 61.1 Å². The van der Waals surface area contributed by atoms with E-state index < -0.39 is 0 Å². The number of pyridine rings is 2. The molecular weight excluding hydrogens is 352 g/mol. The van der Waals surface area contributed by atoms with Crippen molar-refractivity contribution in [1.29, 1.82) is 0 Å². The number of hydrogen-bond donors (Lipinski definition) is 2. The van der Waals surface area contributed by atoms with Gasteiger partial charge in [0.15, 0.2) is 5.78 Å². The van der Waals surface area contributed by atoms with E-state index in [1.165, 1.54) is 19.2 Å². The molecule has 0 spiro atoms. The van der Waals surface area contributed by atoms with Crippen LogP contribution in [0, 0.1) is 0 Å². The summed E-state index contributed by atoms with van der Waals surface area (Å²) in [6, 6.07) is 12.0. The van der Waals surface area contributed by atoms with E-state index in [2.05, 4.69) is 20.6 Å². The summed E-state index contributed by atoms with van der Waals surface area (Å²) < 4.78 is 0. The van der Waals surface area contributed by atoms with E-state index in [9.17, 15) is 9.59 Å². The molecule has 0 unspecified atom stereocenters. The van der Waals surface area contributed by atoms with E-state index in [1.54, 1.807) is 36.7 Å². The van der Waals surface area contributed by atoms with Crippen molar-refractivity contribution in [3.8, 4) is 0 Å². The molecule has 7 heteroatoms. The molecule has 0 saturated carbocycles. The van der Waals surface area contributed by atoms with E-state index in [4.69, 9.17) is 11.6 Å². The topological polar surface area (TPSA) is 84.0 Å². The molecule has 0 aliphatic carbocycles. The zero-order valence-electron chi connectivity index (χ0n) is 13.9. The second kappa shape index (κ2) is 7.76. The maximum Gasteiger partial charge on any atom is 0.257 e. The minimum atomic E-state index is -0.335. The van der Waals surface area contributed by atoms with Crippen LogP contribution in [0.5, 0.6) is 0 Å². The fraction of sp³-hybridized carbons (Fsp3) is 0.0526. The van der Waals surface area contributed by atoms with Gasteiger partial charge in [-0.05, 0) is 42.5 Å². The van der Waals surface area contributed by atoms with Crippen LogP contribution < -0.4 is 10.6 Å². The number of aromatic nitrogens is 2. The van der Waals surface area contributed by atoms with Crippen LogP contribution in [0.4, 0.5) is 17.1 Å². The average Bonchev–Trinajstić information content (AvgIpc) is 2.65. The molecule has 26 heavy (non-hydrogen) atoms. The zero-order valence-corrected chi connectivity index (χ0v) is 14.6. The van der Waals surface area contributed by atoms with Crippen LogP contribution in [-0.2, 0) is 0 Å². The lowest BCUT2D eigenvalue weighted by Gasteiger charge is -2.12. The van der Waals surface area contributed by atoms with E-state index in [0.717, 1.165) is 5.69 Å². The number of hydrogen-bond acceptors (Lipinski definition) is 5. The van der Waals surface area contributed by atoms with E-state index in [0.29, 0.717) is 27.7 Å². The predicted molar refractivity (Wildman–Crippen MR) is 101 cm³/mol. The number of anilines is 3. The van der Waals surface area contributed by atoms with Gasteiger partial charge >= 0.3 is 0 Å². The molecule has 2 aromatic heterocycles. The van der Waals surface area contributed by atoms with Gasteiger partial charge in [-0.25, -0.2) is 0 Å². The van der Waals surface area contributed by atoms with Gasteiger partial charge in [0, 0.05) is 30.0 Å². The first-order valence-corrected chi connectivity index (χ1v) is 8.15. The second-order valence-electron chi connectivity index (χ2n) is 5.50. The molecular formula is C19H15ClN4O2. The molecule has 130 valence electrons. The van der Waals surface area contributed by atoms with Crippen LogP contribution in [0.1, 0.15) is 27.8 Å². The Hall–Kier alpha value is -3.25. The van der Waals surface area contributed by atoms with Gasteiger partial charge in [-0.3, -0.25) is 19.6 Å². The fourth-order valence-electron chi connectivity index (χ4n) is 2.22. The summed E-state index contributed by atoms with van der Waals surface area (Å²) >= 11 is 5.89. The zero-order chi connectivity index (χ0) is 18.5. The van der Waals surface area contributed by atoms with Gasteiger partial charge < -0.3 is 10.6 Å². The van der Waals surface area contributed by atoms with Crippen molar-refractivity contribution >= 4 is 40.4 Å². The van der Waals surface area contributed by atoms with Crippen LogP contribution in [0.25, 0.3) is 0 Å². The quantitative estimate of drug-likeness (QED) is 0.656. The Bertz CT molecular complexity index is 941. The summed E-state index contributed by atoms with van der Waals surface area (Å²) in [5, 5.41) is 6.64. The summed E-state index contributed by atoms with van der Waals surface area (Å²) in [5.41, 5.74) is 2.68. The lowest BCUT2D eigenvalue weighted by molar-refractivity contribution is 0.100. The number of benzene rings is 1. The molecule has 0 aliphatic rings. The lowest BCUT2D eigenvalue weighted by Crippen LogP contribution is -2.14. The molecule has 2 heterocycles. The van der Waals surface area contributed by atoms with Gasteiger partial charge in [0.05, 0.1) is 23.1 Å². The summed E-state index contributed by atoms with van der Waals surface area (Å²) in [5.74, 6) is -0.487. The van der Waals surface area contributed by atoms with Crippen molar-refractivity contribution in [3.63, 3.8) is 0 Å². The largest absolute Gasteiger partial charge is 0.353 e. The molecule has 0 atom stereocenters. The first kappa shape index (κ1) is 17.6. The van der Waals surface area contributed by atoms with Crippen molar-refractivity contribution in [2.45, 2.75) is 6.92 Å². The Balaban J connectivity index is 1.78. The molecule has 2 N–H and O–H groups in total. The number of Topliss-reactive ketones (excluding diaryl/α,β-unsaturated/α-hetero) is 1. The summed E-state index contributed by atoms with van der Waals surface area (Å²) in [7, 11) is 0. The Morgan fingerprint density at radius 2 is 1.73 bits per heavy atom. The SMILES string of the molecule is CC(=O)c1ccc(C(=O)Nc2ccncc2Nc2ccc(Cl)cc2)cn1. The van der Waals surface area contributed by atoms with Gasteiger partial charge in [0.25, 0.3) is 5.91 Å². The number of nitrogens with one attached hydrogen (secondary N) is 2. The van der Waals surface area contributed by atoms with Crippen LogP contribution >= 0.6 is 11.6 Å². The van der Waals surface area contributed by atoms with Gasteiger partial charge in [-0.15, -0.1) is 0 Å². The Kier molecular flexibility index (Phi) is 5.24. The van der Waals surface area contributed by atoms with Crippen molar-refractivity contribution in [1.82, 2.24) is 9.97 Å². The van der Waals surface area contributed by atoms with E-state index >= 15 is 0 Å². The lowest BCUT2D eigenvalue weighted by atomic mass is 10.2. The molecule has 3 aromatic rings. The number of ketones is 1. The van der Waals surface area contributed by atoms with E-state index in [-0.39, 0.29) is 11.7 Å². The molecule has 3 rings (SSSR count). The molecule has 6 nitrogen and oxygen atoms in total. The van der Waals surface area contributed by atoms with Crippen LogP contribution in [0.2, 0.25) is 5.02 Å². The highest BCUT2D eigenvalue weighted by atomic mass is 35.5. The summed E-state index contributed by atoms with van der Waals surface area (Å²) in [4.78, 5) is 31.8. The van der Waals surface area contributed by atoms with Crippen LogP contribution in [-0.4, -0.2) is 21.7 Å². The molecule has 0 bridgehead atoms.